The molecule has 100 valence electrons. The summed E-state index contributed by atoms with van der Waals surface area (Å²) < 4.78 is 0. The van der Waals surface area contributed by atoms with Crippen LogP contribution in [0.2, 0.25) is 0 Å². The molecule has 1 aromatic rings. The Morgan fingerprint density at radius 2 is 2.17 bits per heavy atom. The van der Waals surface area contributed by atoms with Crippen LogP contribution in [0.15, 0.2) is 6.07 Å². The third-order valence-corrected chi connectivity index (χ3v) is 4.99. The summed E-state index contributed by atoms with van der Waals surface area (Å²) in [6.45, 7) is 7.49. The first-order valence-corrected chi connectivity index (χ1v) is 7.46. The summed E-state index contributed by atoms with van der Waals surface area (Å²) in [7, 11) is 0. The second-order valence-corrected chi connectivity index (χ2v) is 6.38. The average Bonchev–Trinajstić information content (AvgIpc) is 2.72. The lowest BCUT2D eigenvalue weighted by Gasteiger charge is -2.31. The Kier molecular flexibility index (Phi) is 4.40. The van der Waals surface area contributed by atoms with Crippen molar-refractivity contribution in [3.05, 3.63) is 21.4 Å². The predicted molar refractivity (Wildman–Crippen MR) is 74.3 cm³/mol. The van der Waals surface area contributed by atoms with Gasteiger partial charge < -0.3 is 5.11 Å². The van der Waals surface area contributed by atoms with Crippen LogP contribution < -0.4 is 0 Å². The minimum atomic E-state index is -0.806. The molecule has 0 spiro atoms. The number of nitrogens with zero attached hydrogens (tertiary/aromatic N) is 1. The van der Waals surface area contributed by atoms with Gasteiger partial charge in [-0.05, 0) is 50.4 Å². The molecule has 1 aromatic heterocycles. The van der Waals surface area contributed by atoms with E-state index < -0.39 is 5.97 Å². The summed E-state index contributed by atoms with van der Waals surface area (Å²) in [5.41, 5.74) is 1.19. The maximum atomic E-state index is 10.9. The highest BCUT2D eigenvalue weighted by Crippen LogP contribution is 2.26. The number of carboxylic acid groups (broad SMARTS) is 1. The van der Waals surface area contributed by atoms with Crippen LogP contribution in [0.4, 0.5) is 0 Å². The van der Waals surface area contributed by atoms with Gasteiger partial charge in [0.2, 0.25) is 0 Å². The second-order valence-electron chi connectivity index (χ2n) is 5.12. The largest absolute Gasteiger partial charge is 0.477 e. The van der Waals surface area contributed by atoms with Crippen molar-refractivity contribution in [2.45, 2.75) is 39.7 Å². The number of carbonyl (C=O) groups is 1. The molecule has 1 aliphatic heterocycles. The van der Waals surface area contributed by atoms with Crippen LogP contribution in [0, 0.1) is 12.8 Å². The van der Waals surface area contributed by atoms with E-state index in [9.17, 15) is 4.79 Å². The highest BCUT2D eigenvalue weighted by atomic mass is 32.1. The van der Waals surface area contributed by atoms with Crippen LogP contribution in [-0.2, 0) is 6.54 Å². The molecule has 1 fully saturated rings. The summed E-state index contributed by atoms with van der Waals surface area (Å²) in [6, 6.07) is 1.84. The third-order valence-electron chi connectivity index (χ3n) is 3.91. The van der Waals surface area contributed by atoms with Gasteiger partial charge in [0.1, 0.15) is 4.88 Å². The zero-order valence-electron chi connectivity index (χ0n) is 11.1. The minimum absolute atomic E-state index is 0.464. The molecule has 0 saturated carbocycles. The van der Waals surface area contributed by atoms with E-state index >= 15 is 0 Å². The first-order chi connectivity index (χ1) is 8.60. The Balaban J connectivity index is 1.96. The van der Waals surface area contributed by atoms with Crippen LogP contribution in [0.1, 0.15) is 46.3 Å². The summed E-state index contributed by atoms with van der Waals surface area (Å²) in [4.78, 5) is 15.0. The van der Waals surface area contributed by atoms with E-state index in [1.165, 1.54) is 36.2 Å². The van der Waals surface area contributed by atoms with Crippen molar-refractivity contribution in [1.82, 2.24) is 4.90 Å². The van der Waals surface area contributed by atoms with Gasteiger partial charge >= 0.3 is 5.97 Å². The van der Waals surface area contributed by atoms with Gasteiger partial charge in [-0.1, -0.05) is 13.3 Å². The Labute approximate surface area is 112 Å². The normalized spacial score (nSPS) is 18.1. The van der Waals surface area contributed by atoms with Crippen LogP contribution >= 0.6 is 11.3 Å². The summed E-state index contributed by atoms with van der Waals surface area (Å²) >= 11 is 1.39. The van der Waals surface area contributed by atoms with Crippen molar-refractivity contribution in [3.8, 4) is 0 Å². The van der Waals surface area contributed by atoms with E-state index in [1.54, 1.807) is 0 Å². The molecule has 1 saturated heterocycles. The number of carboxylic acids is 1. The molecule has 3 nitrogen and oxygen atoms in total. The quantitative estimate of drug-likeness (QED) is 0.909. The van der Waals surface area contributed by atoms with Gasteiger partial charge in [-0.25, -0.2) is 4.79 Å². The lowest BCUT2D eigenvalue weighted by Crippen LogP contribution is -2.33. The maximum absolute atomic E-state index is 10.9. The van der Waals surface area contributed by atoms with Crippen molar-refractivity contribution >= 4 is 17.3 Å². The molecule has 1 N–H and O–H groups in total. The standard InChI is InChI=1S/C14H21NO2S/c1-3-11-4-6-15(7-5-11)9-12-8-13(14(16)17)18-10(12)2/h8,11H,3-7,9H2,1-2H3,(H,16,17). The van der Waals surface area contributed by atoms with E-state index in [0.29, 0.717) is 4.88 Å². The van der Waals surface area contributed by atoms with E-state index in [2.05, 4.69) is 11.8 Å². The van der Waals surface area contributed by atoms with Crippen LogP contribution in [0.3, 0.4) is 0 Å². The van der Waals surface area contributed by atoms with Crippen molar-refractivity contribution < 1.29 is 9.90 Å². The van der Waals surface area contributed by atoms with Gasteiger partial charge in [-0.15, -0.1) is 11.3 Å². The Hall–Kier alpha value is -0.870. The third kappa shape index (κ3) is 3.12. The van der Waals surface area contributed by atoms with Gasteiger partial charge in [-0.2, -0.15) is 0 Å². The summed E-state index contributed by atoms with van der Waals surface area (Å²) in [5, 5.41) is 8.99. The molecule has 1 aliphatic rings. The Morgan fingerprint density at radius 3 is 2.67 bits per heavy atom. The lowest BCUT2D eigenvalue weighted by atomic mass is 9.94. The summed E-state index contributed by atoms with van der Waals surface area (Å²) in [6.07, 6.45) is 3.85. The van der Waals surface area contributed by atoms with Crippen molar-refractivity contribution in [2.75, 3.05) is 13.1 Å². The fourth-order valence-corrected chi connectivity index (χ4v) is 3.45. The number of piperidine rings is 1. The number of hydrogen-bond acceptors (Lipinski definition) is 3. The smallest absolute Gasteiger partial charge is 0.345 e. The Bertz CT molecular complexity index is 419. The van der Waals surface area contributed by atoms with E-state index in [1.807, 2.05) is 13.0 Å². The predicted octanol–water partition coefficient (Wildman–Crippen LogP) is 3.38. The minimum Gasteiger partial charge on any atom is -0.477 e. The molecule has 0 aliphatic carbocycles. The number of hydrogen-bond donors (Lipinski definition) is 1. The monoisotopic (exact) mass is 267 g/mol. The molecule has 0 radical (unpaired) electrons. The van der Waals surface area contributed by atoms with E-state index in [0.717, 1.165) is 30.4 Å². The number of aryl methyl sites for hydroxylation is 1. The number of thiophene rings is 1. The molecule has 0 atom stereocenters. The maximum Gasteiger partial charge on any atom is 0.345 e. The molecule has 0 bridgehead atoms. The highest BCUT2D eigenvalue weighted by molar-refractivity contribution is 7.14. The molecule has 18 heavy (non-hydrogen) atoms. The molecule has 2 rings (SSSR count). The molecular weight excluding hydrogens is 246 g/mol. The molecule has 0 unspecified atom stereocenters. The van der Waals surface area contributed by atoms with Crippen LogP contribution in [0.25, 0.3) is 0 Å². The fraction of sp³-hybridized carbons (Fsp3) is 0.643. The van der Waals surface area contributed by atoms with Crippen molar-refractivity contribution in [2.24, 2.45) is 5.92 Å². The van der Waals surface area contributed by atoms with Gasteiger partial charge in [0.15, 0.2) is 0 Å². The zero-order chi connectivity index (χ0) is 13.1. The Morgan fingerprint density at radius 1 is 1.50 bits per heavy atom. The van der Waals surface area contributed by atoms with E-state index in [-0.39, 0.29) is 0 Å². The average molecular weight is 267 g/mol. The number of likely N-dealkylation sites (tertiary alicyclic amines) is 1. The number of rotatable bonds is 4. The topological polar surface area (TPSA) is 40.5 Å². The SMILES string of the molecule is CCC1CCN(Cc2cc(C(=O)O)sc2C)CC1. The summed E-state index contributed by atoms with van der Waals surface area (Å²) in [5.74, 6) is 0.0819. The van der Waals surface area contributed by atoms with Crippen LogP contribution in [0.5, 0.6) is 0 Å². The zero-order valence-corrected chi connectivity index (χ0v) is 11.9. The first kappa shape index (κ1) is 13.6. The molecular formula is C14H21NO2S. The van der Waals surface area contributed by atoms with Gasteiger partial charge in [-0.3, -0.25) is 4.90 Å². The van der Waals surface area contributed by atoms with Gasteiger partial charge in [0, 0.05) is 11.4 Å². The van der Waals surface area contributed by atoms with Gasteiger partial charge in [0.05, 0.1) is 0 Å². The van der Waals surface area contributed by atoms with Crippen molar-refractivity contribution in [1.29, 1.82) is 0 Å². The van der Waals surface area contributed by atoms with Crippen molar-refractivity contribution in [3.63, 3.8) is 0 Å². The van der Waals surface area contributed by atoms with Gasteiger partial charge in [0.25, 0.3) is 0 Å². The molecule has 0 amide bonds. The first-order valence-electron chi connectivity index (χ1n) is 6.65. The highest BCUT2D eigenvalue weighted by Gasteiger charge is 2.19. The second kappa shape index (κ2) is 5.85. The van der Waals surface area contributed by atoms with Crippen LogP contribution in [-0.4, -0.2) is 29.1 Å². The molecule has 4 heteroatoms. The lowest BCUT2D eigenvalue weighted by molar-refractivity contribution is 0.0702. The fourth-order valence-electron chi connectivity index (χ4n) is 2.58. The molecule has 0 aromatic carbocycles. The van der Waals surface area contributed by atoms with E-state index in [4.69, 9.17) is 5.11 Å². The molecule has 2 heterocycles. The number of aromatic carboxylic acids is 1.